The van der Waals surface area contributed by atoms with E-state index in [0.29, 0.717) is 12.0 Å². The van der Waals surface area contributed by atoms with E-state index in [2.05, 4.69) is 34.8 Å². The van der Waals surface area contributed by atoms with E-state index in [-0.39, 0.29) is 0 Å². The van der Waals surface area contributed by atoms with Gasteiger partial charge in [0.2, 0.25) is 5.95 Å². The van der Waals surface area contributed by atoms with Crippen molar-refractivity contribution in [2.45, 2.75) is 26.3 Å². The summed E-state index contributed by atoms with van der Waals surface area (Å²) in [4.78, 5) is 13.3. The number of thiophene rings is 1. The molecule has 1 aliphatic heterocycles. The maximum atomic E-state index is 5.85. The second-order valence-electron chi connectivity index (χ2n) is 4.81. The van der Waals surface area contributed by atoms with Crippen molar-refractivity contribution in [2.24, 2.45) is 0 Å². The maximum Gasteiger partial charge on any atom is 0.223 e. The Hall–Kier alpha value is -1.40. The number of fused-ring (bicyclic) bond motifs is 1. The first kappa shape index (κ1) is 12.6. The molecule has 3 heterocycles. The minimum atomic E-state index is 0.352. The summed E-state index contributed by atoms with van der Waals surface area (Å²) in [6.07, 6.45) is 1.04. The monoisotopic (exact) mass is 278 g/mol. The second kappa shape index (κ2) is 4.94. The van der Waals surface area contributed by atoms with Crippen molar-refractivity contribution in [1.29, 1.82) is 0 Å². The van der Waals surface area contributed by atoms with Gasteiger partial charge in [0, 0.05) is 11.4 Å². The Balaban J connectivity index is 2.12. The Bertz CT molecular complexity index is 598. The molecule has 5 nitrogen and oxygen atoms in total. The zero-order valence-electron chi connectivity index (χ0n) is 11.2. The standard InChI is InChI=1S/C13H18N4OS/c1-3-9-7-18-5-4-17(9)11-10-6-8(2)19-12(10)16-13(14)15-11/h6,9H,3-5,7H2,1-2H3,(H2,14,15,16). The van der Waals surface area contributed by atoms with Crippen molar-refractivity contribution in [3.8, 4) is 0 Å². The number of morpholine rings is 1. The number of ether oxygens (including phenoxy) is 1. The molecule has 102 valence electrons. The summed E-state index contributed by atoms with van der Waals surface area (Å²) in [6, 6.07) is 2.52. The van der Waals surface area contributed by atoms with Crippen LogP contribution in [0.15, 0.2) is 6.07 Å². The van der Waals surface area contributed by atoms with E-state index in [1.807, 2.05) is 0 Å². The van der Waals surface area contributed by atoms with E-state index < -0.39 is 0 Å². The summed E-state index contributed by atoms with van der Waals surface area (Å²) >= 11 is 1.66. The van der Waals surface area contributed by atoms with Gasteiger partial charge in [0.25, 0.3) is 0 Å². The minimum Gasteiger partial charge on any atom is -0.377 e. The SMILES string of the molecule is CCC1COCCN1c1nc(N)nc2sc(C)cc12. The van der Waals surface area contributed by atoms with Crippen molar-refractivity contribution in [2.75, 3.05) is 30.4 Å². The molecule has 3 rings (SSSR count). The van der Waals surface area contributed by atoms with E-state index >= 15 is 0 Å². The largest absolute Gasteiger partial charge is 0.377 e. The molecule has 0 aliphatic carbocycles. The first-order chi connectivity index (χ1) is 9.19. The molecular weight excluding hydrogens is 260 g/mol. The number of nitrogens with two attached hydrogens (primary N) is 1. The van der Waals surface area contributed by atoms with Gasteiger partial charge >= 0.3 is 0 Å². The summed E-state index contributed by atoms with van der Waals surface area (Å²) in [5, 5.41) is 1.11. The third-order valence-corrected chi connectivity index (χ3v) is 4.43. The first-order valence-corrected chi connectivity index (χ1v) is 7.38. The van der Waals surface area contributed by atoms with Crippen LogP contribution in [-0.4, -0.2) is 35.8 Å². The Morgan fingerprint density at radius 2 is 2.37 bits per heavy atom. The van der Waals surface area contributed by atoms with E-state index in [1.54, 1.807) is 11.3 Å². The highest BCUT2D eigenvalue weighted by atomic mass is 32.1. The van der Waals surface area contributed by atoms with Crippen LogP contribution in [0.2, 0.25) is 0 Å². The molecule has 2 aromatic rings. The van der Waals surface area contributed by atoms with Crippen LogP contribution in [0.1, 0.15) is 18.2 Å². The molecule has 1 aliphatic rings. The molecule has 1 unspecified atom stereocenters. The van der Waals surface area contributed by atoms with Crippen LogP contribution >= 0.6 is 11.3 Å². The van der Waals surface area contributed by atoms with Crippen LogP contribution in [0.4, 0.5) is 11.8 Å². The molecular formula is C13H18N4OS. The third-order valence-electron chi connectivity index (χ3n) is 3.48. The number of nitrogen functional groups attached to an aromatic ring is 1. The zero-order chi connectivity index (χ0) is 13.4. The van der Waals surface area contributed by atoms with Gasteiger partial charge < -0.3 is 15.4 Å². The molecule has 1 atom stereocenters. The molecule has 1 saturated heterocycles. The Labute approximate surface area is 116 Å². The quantitative estimate of drug-likeness (QED) is 0.912. The van der Waals surface area contributed by atoms with E-state index in [9.17, 15) is 0 Å². The highest BCUT2D eigenvalue weighted by molar-refractivity contribution is 7.18. The predicted octanol–water partition coefficient (Wildman–Crippen LogP) is 2.20. The number of rotatable bonds is 2. The van der Waals surface area contributed by atoms with Crippen LogP contribution < -0.4 is 10.6 Å². The molecule has 2 aromatic heterocycles. The molecule has 6 heteroatoms. The smallest absolute Gasteiger partial charge is 0.223 e. The molecule has 2 N–H and O–H groups in total. The van der Waals surface area contributed by atoms with Gasteiger partial charge in [-0.2, -0.15) is 4.98 Å². The van der Waals surface area contributed by atoms with Gasteiger partial charge in [0.15, 0.2) is 0 Å². The summed E-state index contributed by atoms with van der Waals surface area (Å²) in [5.41, 5.74) is 5.85. The number of aromatic nitrogens is 2. The van der Waals surface area contributed by atoms with E-state index in [0.717, 1.165) is 42.2 Å². The normalized spacial score (nSPS) is 20.1. The van der Waals surface area contributed by atoms with E-state index in [1.165, 1.54) is 4.88 Å². The van der Waals surface area contributed by atoms with Gasteiger partial charge in [-0.1, -0.05) is 6.92 Å². The lowest BCUT2D eigenvalue weighted by Gasteiger charge is -2.36. The third kappa shape index (κ3) is 2.26. The molecule has 0 spiro atoms. The second-order valence-corrected chi connectivity index (χ2v) is 6.05. The Morgan fingerprint density at radius 3 is 3.16 bits per heavy atom. The first-order valence-electron chi connectivity index (χ1n) is 6.57. The molecule has 19 heavy (non-hydrogen) atoms. The molecule has 0 bridgehead atoms. The van der Waals surface area contributed by atoms with Gasteiger partial charge in [0.1, 0.15) is 10.6 Å². The Kier molecular flexibility index (Phi) is 3.28. The number of nitrogens with zero attached hydrogens (tertiary/aromatic N) is 3. The van der Waals surface area contributed by atoms with Crippen molar-refractivity contribution in [1.82, 2.24) is 9.97 Å². The van der Waals surface area contributed by atoms with Crippen molar-refractivity contribution >= 4 is 33.3 Å². The molecule has 1 fully saturated rings. The number of aryl methyl sites for hydroxylation is 1. The summed E-state index contributed by atoms with van der Waals surface area (Å²) in [5.74, 6) is 1.31. The highest BCUT2D eigenvalue weighted by Gasteiger charge is 2.25. The van der Waals surface area contributed by atoms with Gasteiger partial charge in [-0.25, -0.2) is 4.98 Å². The summed E-state index contributed by atoms with van der Waals surface area (Å²) < 4.78 is 5.56. The van der Waals surface area contributed by atoms with Gasteiger partial charge in [-0.3, -0.25) is 0 Å². The van der Waals surface area contributed by atoms with Crippen LogP contribution in [0.3, 0.4) is 0 Å². The fraction of sp³-hybridized carbons (Fsp3) is 0.538. The summed E-state index contributed by atoms with van der Waals surface area (Å²) in [7, 11) is 0. The van der Waals surface area contributed by atoms with Crippen molar-refractivity contribution in [3.05, 3.63) is 10.9 Å². The molecule has 0 aromatic carbocycles. The maximum absolute atomic E-state index is 5.85. The van der Waals surface area contributed by atoms with E-state index in [4.69, 9.17) is 10.5 Å². The zero-order valence-corrected chi connectivity index (χ0v) is 12.0. The molecule has 0 radical (unpaired) electrons. The van der Waals surface area contributed by atoms with Crippen molar-refractivity contribution in [3.63, 3.8) is 0 Å². The lowest BCUT2D eigenvalue weighted by Crippen LogP contribution is -2.45. The van der Waals surface area contributed by atoms with Crippen molar-refractivity contribution < 1.29 is 4.74 Å². The molecule has 0 amide bonds. The lowest BCUT2D eigenvalue weighted by molar-refractivity contribution is 0.0927. The molecule has 0 saturated carbocycles. The highest BCUT2D eigenvalue weighted by Crippen LogP contribution is 2.33. The Morgan fingerprint density at radius 1 is 1.53 bits per heavy atom. The number of anilines is 2. The number of hydrogen-bond donors (Lipinski definition) is 1. The minimum absolute atomic E-state index is 0.352. The average Bonchev–Trinajstić information content (AvgIpc) is 2.77. The predicted molar refractivity (Wildman–Crippen MR) is 78.8 cm³/mol. The lowest BCUT2D eigenvalue weighted by atomic mass is 10.1. The van der Waals surface area contributed by atoms with Crippen LogP contribution in [0.5, 0.6) is 0 Å². The fourth-order valence-corrected chi connectivity index (χ4v) is 3.41. The van der Waals surface area contributed by atoms with Gasteiger partial charge in [0.05, 0.1) is 24.6 Å². The number of hydrogen-bond acceptors (Lipinski definition) is 6. The summed E-state index contributed by atoms with van der Waals surface area (Å²) in [6.45, 7) is 6.62. The van der Waals surface area contributed by atoms with Crippen LogP contribution in [0.25, 0.3) is 10.2 Å². The van der Waals surface area contributed by atoms with Gasteiger partial charge in [-0.05, 0) is 19.4 Å². The van der Waals surface area contributed by atoms with Crippen LogP contribution in [0, 0.1) is 6.92 Å². The van der Waals surface area contributed by atoms with Gasteiger partial charge in [-0.15, -0.1) is 11.3 Å². The fourth-order valence-electron chi connectivity index (χ4n) is 2.53. The van der Waals surface area contributed by atoms with Crippen LogP contribution in [-0.2, 0) is 4.74 Å². The average molecular weight is 278 g/mol. The topological polar surface area (TPSA) is 64.3 Å².